The minimum absolute atomic E-state index is 0.0486. The van der Waals surface area contributed by atoms with Gasteiger partial charge in [0.1, 0.15) is 5.82 Å². The molecule has 2 aliphatic rings. The number of ether oxygens (including phenoxy) is 1. The smallest absolute Gasteiger partial charge is 0.226 e. The lowest BCUT2D eigenvalue weighted by molar-refractivity contribution is -0.126. The van der Waals surface area contributed by atoms with Gasteiger partial charge < -0.3 is 14.6 Å². The first-order chi connectivity index (χ1) is 14.0. The molecule has 0 aromatic carbocycles. The van der Waals surface area contributed by atoms with E-state index in [1.54, 1.807) is 0 Å². The molecule has 0 radical (unpaired) electrons. The van der Waals surface area contributed by atoms with Gasteiger partial charge in [0.15, 0.2) is 5.82 Å². The van der Waals surface area contributed by atoms with Gasteiger partial charge in [0.05, 0.1) is 18.6 Å². The summed E-state index contributed by atoms with van der Waals surface area (Å²) in [5, 5.41) is 12.2. The van der Waals surface area contributed by atoms with E-state index in [2.05, 4.69) is 57.9 Å². The molecule has 4 rings (SSSR count). The van der Waals surface area contributed by atoms with E-state index in [4.69, 9.17) is 4.74 Å². The molecule has 2 atom stereocenters. The van der Waals surface area contributed by atoms with Gasteiger partial charge in [0, 0.05) is 49.0 Å². The third kappa shape index (κ3) is 4.70. The lowest BCUT2D eigenvalue weighted by Crippen LogP contribution is -2.38. The maximum absolute atomic E-state index is 12.7. The van der Waals surface area contributed by atoms with E-state index in [0.717, 1.165) is 50.7 Å². The average molecular weight is 418 g/mol. The fourth-order valence-electron chi connectivity index (χ4n) is 4.11. The average Bonchev–Trinajstić information content (AvgIpc) is 3.41. The number of aromatic nitrogens is 3. The quantitative estimate of drug-likeness (QED) is 0.782. The van der Waals surface area contributed by atoms with Crippen LogP contribution in [0.4, 0.5) is 0 Å². The second kappa shape index (κ2) is 8.93. The van der Waals surface area contributed by atoms with Gasteiger partial charge in [0.25, 0.3) is 0 Å². The van der Waals surface area contributed by atoms with Crippen LogP contribution in [0.2, 0.25) is 0 Å². The Hall–Kier alpha value is -1.77. The predicted molar refractivity (Wildman–Crippen MR) is 113 cm³/mol. The first-order valence-electron chi connectivity index (χ1n) is 10.6. The number of carbonyl (C=O) groups excluding carboxylic acids is 1. The van der Waals surface area contributed by atoms with Crippen LogP contribution in [0.15, 0.2) is 12.1 Å². The van der Waals surface area contributed by atoms with Gasteiger partial charge in [-0.05, 0) is 31.4 Å². The Kier molecular flexibility index (Phi) is 6.32. The molecule has 0 spiro atoms. The van der Waals surface area contributed by atoms with Crippen molar-refractivity contribution in [3.8, 4) is 0 Å². The minimum atomic E-state index is -0.129. The number of carbonyl (C=O) groups is 1. The zero-order valence-corrected chi connectivity index (χ0v) is 18.4. The van der Waals surface area contributed by atoms with Crippen molar-refractivity contribution in [2.45, 2.75) is 52.7 Å². The molecule has 1 saturated heterocycles. The number of hydrogen-bond donors (Lipinski definition) is 1. The molecule has 0 aliphatic carbocycles. The van der Waals surface area contributed by atoms with Gasteiger partial charge in [0.2, 0.25) is 5.91 Å². The van der Waals surface area contributed by atoms with Gasteiger partial charge in [-0.1, -0.05) is 13.8 Å². The van der Waals surface area contributed by atoms with E-state index in [0.29, 0.717) is 13.2 Å². The fraction of sp³-hybridized carbons (Fsp3) is 0.667. The van der Waals surface area contributed by atoms with Crippen molar-refractivity contribution in [1.82, 2.24) is 25.0 Å². The van der Waals surface area contributed by atoms with E-state index in [9.17, 15) is 4.79 Å². The topological polar surface area (TPSA) is 72.3 Å². The second-order valence-corrected chi connectivity index (χ2v) is 9.83. The van der Waals surface area contributed by atoms with Crippen molar-refractivity contribution in [3.05, 3.63) is 33.5 Å². The molecule has 2 aromatic rings. The van der Waals surface area contributed by atoms with E-state index in [1.165, 1.54) is 9.75 Å². The van der Waals surface area contributed by atoms with Crippen molar-refractivity contribution >= 4 is 17.2 Å². The normalized spacial score (nSPS) is 21.2. The molecule has 2 unspecified atom stereocenters. The highest BCUT2D eigenvalue weighted by Gasteiger charge is 2.31. The Morgan fingerprint density at radius 3 is 2.86 bits per heavy atom. The van der Waals surface area contributed by atoms with Gasteiger partial charge >= 0.3 is 0 Å². The van der Waals surface area contributed by atoms with E-state index in [-0.39, 0.29) is 23.8 Å². The Morgan fingerprint density at radius 2 is 2.17 bits per heavy atom. The molecule has 1 N–H and O–H groups in total. The largest absolute Gasteiger partial charge is 0.381 e. The van der Waals surface area contributed by atoms with Crippen molar-refractivity contribution in [2.75, 3.05) is 26.3 Å². The number of nitrogens with zero attached hydrogens (tertiary/aromatic N) is 4. The summed E-state index contributed by atoms with van der Waals surface area (Å²) in [5.74, 6) is 2.17. The van der Waals surface area contributed by atoms with Gasteiger partial charge in [-0.2, -0.15) is 0 Å². The summed E-state index contributed by atoms with van der Waals surface area (Å²) in [6.07, 6.45) is 1.68. The number of hydrogen-bond acceptors (Lipinski definition) is 6. The molecule has 1 fully saturated rings. The number of rotatable bonds is 6. The third-order valence-electron chi connectivity index (χ3n) is 5.87. The van der Waals surface area contributed by atoms with Crippen LogP contribution >= 0.6 is 11.3 Å². The van der Waals surface area contributed by atoms with Crippen LogP contribution in [0.3, 0.4) is 0 Å². The van der Waals surface area contributed by atoms with Gasteiger partial charge in [-0.25, -0.2) is 0 Å². The van der Waals surface area contributed by atoms with Gasteiger partial charge in [-0.3, -0.25) is 9.69 Å². The minimum Gasteiger partial charge on any atom is -0.381 e. The molecular weight excluding hydrogens is 386 g/mol. The maximum Gasteiger partial charge on any atom is 0.226 e. The van der Waals surface area contributed by atoms with E-state index < -0.39 is 0 Å². The third-order valence-corrected chi connectivity index (χ3v) is 6.85. The fourth-order valence-corrected chi connectivity index (χ4v) is 5.04. The first-order valence-corrected chi connectivity index (χ1v) is 11.4. The molecule has 158 valence electrons. The number of amides is 1. The molecule has 29 heavy (non-hydrogen) atoms. The van der Waals surface area contributed by atoms with Crippen molar-refractivity contribution < 1.29 is 9.53 Å². The SMILES string of the molecule is Cc1ccc(CN2CCc3nnc(C(NC(=O)C4CCOC4)C(C)C)n3CC2)s1. The summed E-state index contributed by atoms with van der Waals surface area (Å²) >= 11 is 1.87. The van der Waals surface area contributed by atoms with Crippen LogP contribution in [-0.2, 0) is 29.0 Å². The molecule has 4 heterocycles. The van der Waals surface area contributed by atoms with Crippen LogP contribution in [0, 0.1) is 18.8 Å². The van der Waals surface area contributed by atoms with Gasteiger partial charge in [-0.15, -0.1) is 21.5 Å². The van der Waals surface area contributed by atoms with Crippen molar-refractivity contribution in [2.24, 2.45) is 11.8 Å². The summed E-state index contributed by atoms with van der Waals surface area (Å²) < 4.78 is 7.61. The monoisotopic (exact) mass is 417 g/mol. The van der Waals surface area contributed by atoms with E-state index >= 15 is 0 Å². The van der Waals surface area contributed by atoms with E-state index in [1.807, 2.05) is 11.3 Å². The van der Waals surface area contributed by atoms with Crippen molar-refractivity contribution in [1.29, 1.82) is 0 Å². The molecule has 0 saturated carbocycles. The number of aryl methyl sites for hydroxylation is 1. The van der Waals surface area contributed by atoms with Crippen LogP contribution < -0.4 is 5.32 Å². The molecule has 1 amide bonds. The summed E-state index contributed by atoms with van der Waals surface area (Å²) in [5.41, 5.74) is 0. The Morgan fingerprint density at radius 1 is 1.31 bits per heavy atom. The van der Waals surface area contributed by atoms with Crippen LogP contribution in [0.25, 0.3) is 0 Å². The maximum atomic E-state index is 12.7. The molecule has 7 nitrogen and oxygen atoms in total. The summed E-state index contributed by atoms with van der Waals surface area (Å²) in [6, 6.07) is 4.29. The molecule has 8 heteroatoms. The molecule has 2 aromatic heterocycles. The zero-order chi connectivity index (χ0) is 20.4. The summed E-state index contributed by atoms with van der Waals surface area (Å²) in [6.45, 7) is 11.4. The second-order valence-electron chi connectivity index (χ2n) is 8.46. The predicted octanol–water partition coefficient (Wildman–Crippen LogP) is 2.56. The highest BCUT2D eigenvalue weighted by Crippen LogP contribution is 2.25. The summed E-state index contributed by atoms with van der Waals surface area (Å²) in [7, 11) is 0. The number of fused-ring (bicyclic) bond motifs is 1. The molecule has 2 aliphatic heterocycles. The Labute approximate surface area is 176 Å². The lowest BCUT2D eigenvalue weighted by atomic mass is 10.0. The Bertz CT molecular complexity index is 840. The van der Waals surface area contributed by atoms with Crippen LogP contribution in [0.5, 0.6) is 0 Å². The molecular formula is C21H31N5O2S. The highest BCUT2D eigenvalue weighted by atomic mass is 32.1. The summed E-state index contributed by atoms with van der Waals surface area (Å²) in [4.78, 5) is 17.9. The highest BCUT2D eigenvalue weighted by molar-refractivity contribution is 7.11. The van der Waals surface area contributed by atoms with Crippen molar-refractivity contribution in [3.63, 3.8) is 0 Å². The first kappa shape index (κ1) is 20.5. The number of thiophene rings is 1. The lowest BCUT2D eigenvalue weighted by Gasteiger charge is -2.24. The standard InChI is InChI=1S/C21H31N5O2S/c1-14(2)19(22-21(27)16-7-11-28-13-16)20-24-23-18-6-8-25(9-10-26(18)20)12-17-5-4-15(3)29-17/h4-5,14,16,19H,6-13H2,1-3H3,(H,22,27). The number of nitrogens with one attached hydrogen (secondary N) is 1. The zero-order valence-electron chi connectivity index (χ0n) is 17.6. The van der Waals surface area contributed by atoms with Crippen LogP contribution in [0.1, 0.15) is 47.7 Å². The van der Waals surface area contributed by atoms with Crippen LogP contribution in [-0.4, -0.2) is 51.9 Å². The Balaban J connectivity index is 1.46. The molecule has 0 bridgehead atoms.